The van der Waals surface area contributed by atoms with Gasteiger partial charge in [-0.25, -0.2) is 18.9 Å². The molecule has 0 saturated carbocycles. The molecule has 0 aliphatic carbocycles. The first kappa shape index (κ1) is 19.1. The number of ether oxygens (including phenoxy) is 1. The largest absolute Gasteiger partial charge is 0.494 e. The lowest BCUT2D eigenvalue weighted by Gasteiger charge is -2.14. The zero-order valence-corrected chi connectivity index (χ0v) is 16.7. The van der Waals surface area contributed by atoms with Crippen molar-refractivity contribution in [1.29, 1.82) is 0 Å². The van der Waals surface area contributed by atoms with Crippen molar-refractivity contribution in [3.05, 3.63) is 88.1 Å². The van der Waals surface area contributed by atoms with E-state index in [0.717, 1.165) is 11.1 Å². The number of hydrogen-bond acceptors (Lipinski definition) is 5. The minimum Gasteiger partial charge on any atom is -0.494 e. The van der Waals surface area contributed by atoms with Crippen LogP contribution in [0.1, 0.15) is 11.1 Å². The molecule has 2 aromatic carbocycles. The van der Waals surface area contributed by atoms with E-state index < -0.39 is 5.82 Å². The molecule has 2 aromatic heterocycles. The predicted octanol–water partition coefficient (Wildman–Crippen LogP) is 4.53. The van der Waals surface area contributed by atoms with Crippen molar-refractivity contribution >= 4 is 22.7 Å². The van der Waals surface area contributed by atoms with Crippen LogP contribution in [0, 0.1) is 12.7 Å². The fraction of sp³-hybridized carbons (Fsp3) is 0.136. The van der Waals surface area contributed by atoms with Gasteiger partial charge < -0.3 is 4.74 Å². The lowest BCUT2D eigenvalue weighted by atomic mass is 10.2. The van der Waals surface area contributed by atoms with Gasteiger partial charge in [-0.15, -0.1) is 0 Å². The first-order valence-electron chi connectivity index (χ1n) is 8.97. The molecule has 0 aliphatic rings. The number of aryl methyl sites for hydroxylation is 1. The SMILES string of the molecule is COc1ccc(CSc2nc3ccccc3c(=O)n2-c2ncccc2C)cc1F. The highest BCUT2D eigenvalue weighted by Gasteiger charge is 2.16. The van der Waals surface area contributed by atoms with Gasteiger partial charge in [-0.05, 0) is 48.4 Å². The third-order valence-electron chi connectivity index (χ3n) is 4.52. The maximum atomic E-state index is 14.0. The number of halogens is 1. The van der Waals surface area contributed by atoms with Gasteiger partial charge in [-0.3, -0.25) is 4.79 Å². The minimum absolute atomic E-state index is 0.180. The highest BCUT2D eigenvalue weighted by Crippen LogP contribution is 2.27. The molecule has 0 bridgehead atoms. The van der Waals surface area contributed by atoms with Gasteiger partial charge >= 0.3 is 0 Å². The quantitative estimate of drug-likeness (QED) is 0.359. The summed E-state index contributed by atoms with van der Waals surface area (Å²) in [6.45, 7) is 1.90. The van der Waals surface area contributed by atoms with E-state index in [2.05, 4.69) is 4.98 Å². The summed E-state index contributed by atoms with van der Waals surface area (Å²) >= 11 is 1.36. The molecule has 0 atom stereocenters. The summed E-state index contributed by atoms with van der Waals surface area (Å²) in [4.78, 5) is 22.3. The van der Waals surface area contributed by atoms with E-state index in [0.29, 0.717) is 27.6 Å². The molecule has 146 valence electrons. The molecule has 0 radical (unpaired) electrons. The maximum Gasteiger partial charge on any atom is 0.267 e. The van der Waals surface area contributed by atoms with Crippen LogP contribution in [-0.4, -0.2) is 21.6 Å². The van der Waals surface area contributed by atoms with Crippen molar-refractivity contribution in [1.82, 2.24) is 14.5 Å². The third kappa shape index (κ3) is 3.73. The highest BCUT2D eigenvalue weighted by atomic mass is 32.2. The van der Waals surface area contributed by atoms with Crippen LogP contribution in [0.5, 0.6) is 5.75 Å². The number of pyridine rings is 1. The average molecular weight is 407 g/mol. The summed E-state index contributed by atoms with van der Waals surface area (Å²) in [5.74, 6) is 0.759. The molecule has 0 fully saturated rings. The second-order valence-corrected chi connectivity index (χ2v) is 7.40. The molecular weight excluding hydrogens is 389 g/mol. The maximum absolute atomic E-state index is 14.0. The molecule has 0 saturated heterocycles. The number of fused-ring (bicyclic) bond motifs is 1. The second kappa shape index (κ2) is 8.05. The molecule has 2 heterocycles. The van der Waals surface area contributed by atoms with Crippen molar-refractivity contribution in [3.63, 3.8) is 0 Å². The van der Waals surface area contributed by atoms with Crippen LogP contribution in [0.4, 0.5) is 4.39 Å². The zero-order valence-electron chi connectivity index (χ0n) is 15.9. The van der Waals surface area contributed by atoms with Crippen LogP contribution in [0.25, 0.3) is 16.7 Å². The monoisotopic (exact) mass is 407 g/mol. The number of hydrogen-bond donors (Lipinski definition) is 0. The van der Waals surface area contributed by atoms with Gasteiger partial charge in [0.15, 0.2) is 16.7 Å². The Morgan fingerprint density at radius 2 is 1.97 bits per heavy atom. The first-order chi connectivity index (χ1) is 14.1. The Morgan fingerprint density at radius 1 is 1.14 bits per heavy atom. The molecule has 0 amide bonds. The van der Waals surface area contributed by atoms with Gasteiger partial charge in [-0.1, -0.05) is 36.0 Å². The molecule has 0 spiro atoms. The van der Waals surface area contributed by atoms with Crippen LogP contribution in [0.2, 0.25) is 0 Å². The van der Waals surface area contributed by atoms with Crippen LogP contribution >= 0.6 is 11.8 Å². The zero-order chi connectivity index (χ0) is 20.4. The Labute approximate surface area is 171 Å². The highest BCUT2D eigenvalue weighted by molar-refractivity contribution is 7.98. The van der Waals surface area contributed by atoms with Crippen LogP contribution in [-0.2, 0) is 5.75 Å². The van der Waals surface area contributed by atoms with Crippen molar-refractivity contribution in [2.75, 3.05) is 7.11 Å². The average Bonchev–Trinajstić information content (AvgIpc) is 2.73. The fourth-order valence-corrected chi connectivity index (χ4v) is 3.99. The summed E-state index contributed by atoms with van der Waals surface area (Å²) in [5, 5.41) is 1.03. The Bertz CT molecular complexity index is 1260. The fourth-order valence-electron chi connectivity index (χ4n) is 3.05. The number of nitrogens with zero attached hydrogens (tertiary/aromatic N) is 3. The van der Waals surface area contributed by atoms with Crippen LogP contribution in [0.15, 0.2) is 70.7 Å². The molecule has 4 rings (SSSR count). The van der Waals surface area contributed by atoms with Crippen LogP contribution < -0.4 is 10.3 Å². The summed E-state index contributed by atoms with van der Waals surface area (Å²) in [7, 11) is 1.43. The van der Waals surface area contributed by atoms with Gasteiger partial charge in [0.2, 0.25) is 0 Å². The first-order valence-corrected chi connectivity index (χ1v) is 9.96. The summed E-state index contributed by atoms with van der Waals surface area (Å²) in [6.07, 6.45) is 1.65. The van der Waals surface area contributed by atoms with Crippen molar-refractivity contribution in [3.8, 4) is 11.6 Å². The topological polar surface area (TPSA) is 57.0 Å². The van der Waals surface area contributed by atoms with Gasteiger partial charge in [-0.2, -0.15) is 0 Å². The number of benzene rings is 2. The number of rotatable bonds is 5. The molecule has 4 aromatic rings. The van der Waals surface area contributed by atoms with Crippen molar-refractivity contribution in [2.24, 2.45) is 0 Å². The Balaban J connectivity index is 1.80. The van der Waals surface area contributed by atoms with Gasteiger partial charge in [0.25, 0.3) is 5.56 Å². The summed E-state index contributed by atoms with van der Waals surface area (Å²) in [5.41, 5.74) is 2.07. The standard InChI is InChI=1S/C22H18FN3O2S/c1-14-6-5-11-24-20(14)26-21(27)16-7-3-4-8-18(16)25-22(26)29-13-15-9-10-19(28-2)17(23)12-15/h3-12H,13H2,1-2H3. The van der Waals surface area contributed by atoms with E-state index in [1.807, 2.05) is 37.3 Å². The van der Waals surface area contributed by atoms with Crippen LogP contribution in [0.3, 0.4) is 0 Å². The molecule has 0 aliphatic heterocycles. The van der Waals surface area contributed by atoms with Crippen molar-refractivity contribution in [2.45, 2.75) is 17.8 Å². The number of para-hydroxylation sites is 1. The van der Waals surface area contributed by atoms with E-state index in [9.17, 15) is 9.18 Å². The number of methoxy groups -OCH3 is 1. The van der Waals surface area contributed by atoms with Gasteiger partial charge in [0, 0.05) is 11.9 Å². The molecule has 5 nitrogen and oxygen atoms in total. The molecule has 29 heavy (non-hydrogen) atoms. The Kier molecular flexibility index (Phi) is 5.31. The lowest BCUT2D eigenvalue weighted by molar-refractivity contribution is 0.386. The number of thioether (sulfide) groups is 1. The number of aromatic nitrogens is 3. The van der Waals surface area contributed by atoms with E-state index in [4.69, 9.17) is 9.72 Å². The third-order valence-corrected chi connectivity index (χ3v) is 5.53. The van der Waals surface area contributed by atoms with Gasteiger partial charge in [0.1, 0.15) is 5.82 Å². The van der Waals surface area contributed by atoms with Crippen molar-refractivity contribution < 1.29 is 9.13 Å². The second-order valence-electron chi connectivity index (χ2n) is 6.45. The molecule has 7 heteroatoms. The predicted molar refractivity (Wildman–Crippen MR) is 112 cm³/mol. The van der Waals surface area contributed by atoms with E-state index in [-0.39, 0.29) is 11.3 Å². The normalized spacial score (nSPS) is 11.0. The smallest absolute Gasteiger partial charge is 0.267 e. The van der Waals surface area contributed by atoms with E-state index >= 15 is 0 Å². The van der Waals surface area contributed by atoms with E-state index in [1.165, 1.54) is 29.5 Å². The van der Waals surface area contributed by atoms with Gasteiger partial charge in [0.05, 0.1) is 18.0 Å². The molecular formula is C22H18FN3O2S. The minimum atomic E-state index is -0.421. The Hall–Kier alpha value is -3.19. The summed E-state index contributed by atoms with van der Waals surface area (Å²) < 4.78 is 20.5. The van der Waals surface area contributed by atoms with E-state index in [1.54, 1.807) is 24.4 Å². The Morgan fingerprint density at radius 3 is 2.72 bits per heavy atom. The molecule has 0 N–H and O–H groups in total. The summed E-state index contributed by atoms with van der Waals surface area (Å²) in [6, 6.07) is 15.8. The lowest BCUT2D eigenvalue weighted by Crippen LogP contribution is -2.23. The molecule has 0 unspecified atom stereocenters.